The molecule has 0 aliphatic heterocycles. The molecule has 0 unspecified atom stereocenters. The number of anilines is 1. The first-order chi connectivity index (χ1) is 14.9. The molecule has 3 aromatic rings. The maximum atomic E-state index is 12.0. The zero-order chi connectivity index (χ0) is 22.4. The number of carbonyl (C=O) groups is 1. The molecule has 1 aromatic heterocycles. The van der Waals surface area contributed by atoms with Gasteiger partial charge >= 0.3 is 5.97 Å². The highest BCUT2D eigenvalue weighted by Crippen LogP contribution is 2.26. The van der Waals surface area contributed by atoms with Crippen LogP contribution in [0.25, 0.3) is 5.69 Å². The number of hydrogen-bond donors (Lipinski definition) is 2. The first kappa shape index (κ1) is 22.6. The van der Waals surface area contributed by atoms with Gasteiger partial charge in [-0.3, -0.25) is 0 Å². The summed E-state index contributed by atoms with van der Waals surface area (Å²) >= 11 is 0. The molecule has 2 aromatic carbocycles. The van der Waals surface area contributed by atoms with Crippen LogP contribution in [0.2, 0.25) is 0 Å². The van der Waals surface area contributed by atoms with Crippen molar-refractivity contribution in [2.75, 3.05) is 24.5 Å². The van der Waals surface area contributed by atoms with E-state index in [0.717, 1.165) is 48.7 Å². The molecule has 0 saturated heterocycles. The first-order valence-electron chi connectivity index (χ1n) is 11.0. The van der Waals surface area contributed by atoms with Crippen LogP contribution in [-0.2, 0) is 6.54 Å². The van der Waals surface area contributed by atoms with E-state index in [1.54, 1.807) is 0 Å². The number of aromatic nitrogens is 1. The van der Waals surface area contributed by atoms with Crippen LogP contribution in [-0.4, -0.2) is 35.3 Å². The molecule has 3 rings (SSSR count). The van der Waals surface area contributed by atoms with Crippen molar-refractivity contribution in [2.45, 2.75) is 40.7 Å². The van der Waals surface area contributed by atoms with Crippen LogP contribution in [0, 0.1) is 20.8 Å². The van der Waals surface area contributed by atoms with Crippen molar-refractivity contribution in [3.05, 3.63) is 82.7 Å². The van der Waals surface area contributed by atoms with E-state index >= 15 is 0 Å². The Hall–Kier alpha value is -3.05. The zero-order valence-electron chi connectivity index (χ0n) is 19.0. The third-order valence-corrected chi connectivity index (χ3v) is 5.86. The SMILES string of the molecule is CCN(CCCNCc1c(C(=O)O)c(C)n(-c2ccc(C)cc2)c1C)c1ccccc1. The summed E-state index contributed by atoms with van der Waals surface area (Å²) in [7, 11) is 0. The lowest BCUT2D eigenvalue weighted by molar-refractivity contribution is 0.0695. The Kier molecular flexibility index (Phi) is 7.53. The van der Waals surface area contributed by atoms with E-state index in [9.17, 15) is 9.90 Å². The Labute approximate surface area is 185 Å². The van der Waals surface area contributed by atoms with Crippen LogP contribution in [0.15, 0.2) is 54.6 Å². The number of aryl methyl sites for hydroxylation is 1. The van der Waals surface area contributed by atoms with Gasteiger partial charge < -0.3 is 19.9 Å². The fraction of sp³-hybridized carbons (Fsp3) is 0.346. The van der Waals surface area contributed by atoms with Crippen LogP contribution in [0.1, 0.15) is 46.2 Å². The molecule has 0 aliphatic rings. The number of hydrogen-bond acceptors (Lipinski definition) is 3. The summed E-state index contributed by atoms with van der Waals surface area (Å²) in [5.74, 6) is -0.871. The second-order valence-electron chi connectivity index (χ2n) is 7.95. The van der Waals surface area contributed by atoms with Gasteiger partial charge in [0.25, 0.3) is 0 Å². The standard InChI is InChI=1S/C26H33N3O2/c1-5-28(22-10-7-6-8-11-22)17-9-16-27-18-24-20(3)29(21(4)25(24)26(30)31)23-14-12-19(2)13-15-23/h6-8,10-15,27H,5,9,16-18H2,1-4H3,(H,30,31). The van der Waals surface area contributed by atoms with E-state index in [4.69, 9.17) is 0 Å². The second kappa shape index (κ2) is 10.3. The number of carboxylic acids is 1. The molecule has 0 fully saturated rings. The summed E-state index contributed by atoms with van der Waals surface area (Å²) in [6.45, 7) is 11.4. The lowest BCUT2D eigenvalue weighted by Crippen LogP contribution is -2.27. The maximum absolute atomic E-state index is 12.0. The highest BCUT2D eigenvalue weighted by atomic mass is 16.4. The molecule has 0 radical (unpaired) electrons. The van der Waals surface area contributed by atoms with E-state index in [-0.39, 0.29) is 0 Å². The summed E-state index contributed by atoms with van der Waals surface area (Å²) < 4.78 is 2.05. The van der Waals surface area contributed by atoms with Gasteiger partial charge in [0.1, 0.15) is 0 Å². The van der Waals surface area contributed by atoms with E-state index in [2.05, 4.69) is 60.5 Å². The summed E-state index contributed by atoms with van der Waals surface area (Å²) in [6.07, 6.45) is 0.988. The van der Waals surface area contributed by atoms with Gasteiger partial charge in [0, 0.05) is 48.0 Å². The Morgan fingerprint density at radius 1 is 1.00 bits per heavy atom. The predicted molar refractivity (Wildman–Crippen MR) is 128 cm³/mol. The molecule has 31 heavy (non-hydrogen) atoms. The van der Waals surface area contributed by atoms with Crippen molar-refractivity contribution < 1.29 is 9.90 Å². The minimum atomic E-state index is -0.871. The Morgan fingerprint density at radius 3 is 2.29 bits per heavy atom. The number of rotatable bonds is 10. The average molecular weight is 420 g/mol. The number of aromatic carboxylic acids is 1. The van der Waals surface area contributed by atoms with Gasteiger partial charge in [-0.05, 0) is 64.9 Å². The van der Waals surface area contributed by atoms with Gasteiger partial charge in [0.2, 0.25) is 0 Å². The van der Waals surface area contributed by atoms with Crippen molar-refractivity contribution >= 4 is 11.7 Å². The summed E-state index contributed by atoms with van der Waals surface area (Å²) in [5.41, 5.74) is 6.43. The van der Waals surface area contributed by atoms with Crippen LogP contribution in [0.5, 0.6) is 0 Å². The maximum Gasteiger partial charge on any atom is 0.337 e. The number of nitrogens with zero attached hydrogens (tertiary/aromatic N) is 2. The molecular formula is C26H33N3O2. The van der Waals surface area contributed by atoms with Crippen LogP contribution >= 0.6 is 0 Å². The molecule has 0 saturated carbocycles. The minimum Gasteiger partial charge on any atom is -0.478 e. The normalized spacial score (nSPS) is 11.0. The number of para-hydroxylation sites is 1. The molecule has 0 atom stereocenters. The van der Waals surface area contributed by atoms with Gasteiger partial charge in [-0.1, -0.05) is 35.9 Å². The molecule has 2 N–H and O–H groups in total. The van der Waals surface area contributed by atoms with Crippen molar-refractivity contribution in [2.24, 2.45) is 0 Å². The molecule has 1 heterocycles. The van der Waals surface area contributed by atoms with Gasteiger partial charge in [-0.15, -0.1) is 0 Å². The third-order valence-electron chi connectivity index (χ3n) is 5.86. The lowest BCUT2D eigenvalue weighted by atomic mass is 10.1. The van der Waals surface area contributed by atoms with Crippen LogP contribution in [0.3, 0.4) is 0 Å². The summed E-state index contributed by atoms with van der Waals surface area (Å²) in [6, 6.07) is 18.6. The first-order valence-corrected chi connectivity index (χ1v) is 11.0. The predicted octanol–water partition coefficient (Wildman–Crippen LogP) is 5.11. The number of benzene rings is 2. The van der Waals surface area contributed by atoms with Gasteiger partial charge in [-0.25, -0.2) is 4.79 Å². The van der Waals surface area contributed by atoms with E-state index in [1.165, 1.54) is 11.3 Å². The minimum absolute atomic E-state index is 0.407. The fourth-order valence-electron chi connectivity index (χ4n) is 4.20. The number of carboxylic acid groups (broad SMARTS) is 1. The average Bonchev–Trinajstić information content (AvgIpc) is 3.01. The topological polar surface area (TPSA) is 57.5 Å². The second-order valence-corrected chi connectivity index (χ2v) is 7.95. The smallest absolute Gasteiger partial charge is 0.337 e. The molecular weight excluding hydrogens is 386 g/mol. The zero-order valence-corrected chi connectivity index (χ0v) is 19.0. The molecule has 164 valence electrons. The molecule has 5 heteroatoms. The van der Waals surface area contributed by atoms with Crippen LogP contribution < -0.4 is 10.2 Å². The largest absolute Gasteiger partial charge is 0.478 e. The highest BCUT2D eigenvalue weighted by molar-refractivity contribution is 5.91. The molecule has 0 amide bonds. The lowest BCUT2D eigenvalue weighted by Gasteiger charge is -2.23. The fourth-order valence-corrected chi connectivity index (χ4v) is 4.20. The van der Waals surface area contributed by atoms with Crippen LogP contribution in [0.4, 0.5) is 5.69 Å². The molecule has 5 nitrogen and oxygen atoms in total. The molecule has 0 aliphatic carbocycles. The highest BCUT2D eigenvalue weighted by Gasteiger charge is 2.23. The molecule has 0 spiro atoms. The van der Waals surface area contributed by atoms with Crippen molar-refractivity contribution in [1.29, 1.82) is 0 Å². The molecule has 0 bridgehead atoms. The Bertz CT molecular complexity index is 1010. The van der Waals surface area contributed by atoms with Gasteiger partial charge in [0.05, 0.1) is 5.56 Å². The van der Waals surface area contributed by atoms with Crippen molar-refractivity contribution in [1.82, 2.24) is 9.88 Å². The van der Waals surface area contributed by atoms with Gasteiger partial charge in [0.15, 0.2) is 0 Å². The summed E-state index contributed by atoms with van der Waals surface area (Å²) in [5, 5.41) is 13.3. The van der Waals surface area contributed by atoms with E-state index in [1.807, 2.05) is 36.6 Å². The Morgan fingerprint density at radius 2 is 1.68 bits per heavy atom. The quantitative estimate of drug-likeness (QED) is 0.449. The van der Waals surface area contributed by atoms with Crippen molar-refractivity contribution in [3.63, 3.8) is 0 Å². The summed E-state index contributed by atoms with van der Waals surface area (Å²) in [4.78, 5) is 14.4. The van der Waals surface area contributed by atoms with E-state index in [0.29, 0.717) is 12.1 Å². The number of nitrogens with one attached hydrogen (secondary N) is 1. The van der Waals surface area contributed by atoms with E-state index < -0.39 is 5.97 Å². The van der Waals surface area contributed by atoms with Crippen molar-refractivity contribution in [3.8, 4) is 5.69 Å². The Balaban J connectivity index is 1.68. The monoisotopic (exact) mass is 419 g/mol. The third kappa shape index (κ3) is 5.17. The van der Waals surface area contributed by atoms with Gasteiger partial charge in [-0.2, -0.15) is 0 Å².